The number of carbonyl (C=O) groups excluding carboxylic acids is 2. The first-order valence-electron chi connectivity index (χ1n) is 8.07. The second-order valence-electron chi connectivity index (χ2n) is 5.60. The summed E-state index contributed by atoms with van der Waals surface area (Å²) in [6.07, 6.45) is 1.22. The summed E-state index contributed by atoms with van der Waals surface area (Å²) in [7, 11) is 1.49. The van der Waals surface area contributed by atoms with E-state index in [2.05, 4.69) is 15.8 Å². The predicted octanol–water partition coefficient (Wildman–Crippen LogP) is 2.64. The molecule has 0 fully saturated rings. The number of aromatic hydroxyl groups is 1. The van der Waals surface area contributed by atoms with Gasteiger partial charge in [0.25, 0.3) is 0 Å². The number of ether oxygens (including phenoxy) is 1. The summed E-state index contributed by atoms with van der Waals surface area (Å²) in [5.74, 6) is -1.29. The molecule has 3 aromatic carbocycles. The molecule has 3 N–H and O–H groups in total. The Bertz CT molecular complexity index is 1030. The fourth-order valence-corrected chi connectivity index (χ4v) is 2.49. The summed E-state index contributed by atoms with van der Waals surface area (Å²) < 4.78 is 5.05. The first-order chi connectivity index (χ1) is 13.1. The maximum atomic E-state index is 12.1. The maximum Gasteiger partial charge on any atom is 0.329 e. The molecule has 0 aliphatic rings. The molecular formula is C20H17N3O4. The van der Waals surface area contributed by atoms with Crippen LogP contribution in [0.15, 0.2) is 65.8 Å². The van der Waals surface area contributed by atoms with E-state index in [1.165, 1.54) is 19.4 Å². The number of benzene rings is 3. The Balaban J connectivity index is 1.67. The predicted molar refractivity (Wildman–Crippen MR) is 103 cm³/mol. The summed E-state index contributed by atoms with van der Waals surface area (Å²) in [6.45, 7) is 0. The minimum absolute atomic E-state index is 0.0333. The minimum Gasteiger partial charge on any atom is -0.507 e. The summed E-state index contributed by atoms with van der Waals surface area (Å²) in [5, 5.41) is 17.8. The molecule has 3 rings (SSSR count). The molecule has 2 amide bonds. The van der Waals surface area contributed by atoms with Crippen LogP contribution in [0.1, 0.15) is 5.56 Å². The number of phenols is 1. The van der Waals surface area contributed by atoms with Gasteiger partial charge in [0, 0.05) is 16.6 Å². The van der Waals surface area contributed by atoms with Crippen molar-refractivity contribution in [3.8, 4) is 11.5 Å². The van der Waals surface area contributed by atoms with E-state index in [0.717, 1.165) is 10.8 Å². The highest BCUT2D eigenvalue weighted by atomic mass is 16.5. The molecule has 0 heterocycles. The number of nitrogens with one attached hydrogen (secondary N) is 2. The van der Waals surface area contributed by atoms with Crippen molar-refractivity contribution in [2.75, 3.05) is 12.4 Å². The number of methoxy groups -OCH3 is 1. The number of hydrazone groups is 1. The topological polar surface area (TPSA) is 100 Å². The number of rotatable bonds is 4. The molecule has 0 aromatic heterocycles. The lowest BCUT2D eigenvalue weighted by atomic mass is 10.1. The monoisotopic (exact) mass is 363 g/mol. The van der Waals surface area contributed by atoms with Crippen LogP contribution in [0.4, 0.5) is 5.69 Å². The van der Waals surface area contributed by atoms with Crippen molar-refractivity contribution < 1.29 is 19.4 Å². The second kappa shape index (κ2) is 8.01. The zero-order chi connectivity index (χ0) is 19.2. The number of amides is 2. The molecule has 0 aliphatic carbocycles. The molecule has 0 saturated carbocycles. The van der Waals surface area contributed by atoms with Crippen LogP contribution < -0.4 is 15.5 Å². The molecule has 3 aromatic rings. The third-order valence-electron chi connectivity index (χ3n) is 3.85. The number of fused-ring (bicyclic) bond motifs is 1. The largest absolute Gasteiger partial charge is 0.507 e. The van der Waals surface area contributed by atoms with Crippen molar-refractivity contribution in [3.63, 3.8) is 0 Å². The first kappa shape index (κ1) is 17.9. The van der Waals surface area contributed by atoms with E-state index in [1.54, 1.807) is 24.3 Å². The summed E-state index contributed by atoms with van der Waals surface area (Å²) >= 11 is 0. The standard InChI is InChI=1S/C20H17N3O4/c1-27-15-9-10-18(24)14(11-15)12-21-23-20(26)19(25)22-17-8-4-6-13-5-2-3-7-16(13)17/h2-12,24H,1H3,(H,22,25)(H,23,26). The lowest BCUT2D eigenvalue weighted by molar-refractivity contribution is -0.136. The van der Waals surface area contributed by atoms with E-state index >= 15 is 0 Å². The average Bonchev–Trinajstić information content (AvgIpc) is 2.69. The van der Waals surface area contributed by atoms with E-state index in [9.17, 15) is 14.7 Å². The van der Waals surface area contributed by atoms with Crippen LogP contribution in [0.5, 0.6) is 11.5 Å². The fraction of sp³-hybridized carbons (Fsp3) is 0.0500. The smallest absolute Gasteiger partial charge is 0.329 e. The van der Waals surface area contributed by atoms with E-state index in [1.807, 2.05) is 30.3 Å². The molecule has 0 saturated heterocycles. The van der Waals surface area contributed by atoms with Gasteiger partial charge in [-0.15, -0.1) is 0 Å². The van der Waals surface area contributed by atoms with Gasteiger partial charge < -0.3 is 15.2 Å². The Hall–Kier alpha value is -3.87. The van der Waals surface area contributed by atoms with Crippen molar-refractivity contribution in [1.29, 1.82) is 0 Å². The van der Waals surface area contributed by atoms with Crippen LogP contribution >= 0.6 is 0 Å². The number of hydrogen-bond donors (Lipinski definition) is 3. The zero-order valence-electron chi connectivity index (χ0n) is 14.5. The van der Waals surface area contributed by atoms with Crippen LogP contribution in [0.3, 0.4) is 0 Å². The number of hydrogen-bond acceptors (Lipinski definition) is 5. The van der Waals surface area contributed by atoms with Crippen molar-refractivity contribution >= 4 is 34.5 Å². The second-order valence-corrected chi connectivity index (χ2v) is 5.60. The molecule has 7 nitrogen and oxygen atoms in total. The molecule has 136 valence electrons. The van der Waals surface area contributed by atoms with Gasteiger partial charge in [-0.1, -0.05) is 36.4 Å². The van der Waals surface area contributed by atoms with E-state index in [0.29, 0.717) is 17.0 Å². The van der Waals surface area contributed by atoms with E-state index in [-0.39, 0.29) is 5.75 Å². The third kappa shape index (κ3) is 4.21. The van der Waals surface area contributed by atoms with Gasteiger partial charge in [0.2, 0.25) is 0 Å². The summed E-state index contributed by atoms with van der Waals surface area (Å²) in [6, 6.07) is 17.5. The van der Waals surface area contributed by atoms with Crippen LogP contribution in [0.25, 0.3) is 10.8 Å². The minimum atomic E-state index is -0.929. The molecule has 0 bridgehead atoms. The van der Waals surface area contributed by atoms with Gasteiger partial charge in [-0.2, -0.15) is 5.10 Å². The van der Waals surface area contributed by atoms with Crippen LogP contribution in [0.2, 0.25) is 0 Å². The first-order valence-corrected chi connectivity index (χ1v) is 8.07. The number of carbonyl (C=O) groups is 2. The van der Waals surface area contributed by atoms with Gasteiger partial charge in [-0.05, 0) is 29.7 Å². The molecule has 7 heteroatoms. The Morgan fingerprint density at radius 3 is 2.63 bits per heavy atom. The van der Waals surface area contributed by atoms with Gasteiger partial charge in [-0.25, -0.2) is 5.43 Å². The molecular weight excluding hydrogens is 346 g/mol. The highest BCUT2D eigenvalue weighted by Gasteiger charge is 2.14. The summed E-state index contributed by atoms with van der Waals surface area (Å²) in [4.78, 5) is 24.1. The average molecular weight is 363 g/mol. The molecule has 0 spiro atoms. The number of nitrogens with zero attached hydrogens (tertiary/aromatic N) is 1. The van der Waals surface area contributed by atoms with Gasteiger partial charge in [0.1, 0.15) is 11.5 Å². The van der Waals surface area contributed by atoms with E-state index < -0.39 is 11.8 Å². The molecule has 0 aliphatic heterocycles. The normalized spacial score (nSPS) is 10.7. The highest BCUT2D eigenvalue weighted by molar-refractivity contribution is 6.40. The maximum absolute atomic E-state index is 12.1. The number of phenolic OH excluding ortho intramolecular Hbond substituents is 1. The van der Waals surface area contributed by atoms with Crippen molar-refractivity contribution in [2.24, 2.45) is 5.10 Å². The van der Waals surface area contributed by atoms with Gasteiger partial charge >= 0.3 is 11.8 Å². The lowest BCUT2D eigenvalue weighted by Gasteiger charge is -2.07. The zero-order valence-corrected chi connectivity index (χ0v) is 14.5. The van der Waals surface area contributed by atoms with Gasteiger partial charge in [-0.3, -0.25) is 9.59 Å². The van der Waals surface area contributed by atoms with Crippen molar-refractivity contribution in [1.82, 2.24) is 5.43 Å². The van der Waals surface area contributed by atoms with E-state index in [4.69, 9.17) is 4.74 Å². The van der Waals surface area contributed by atoms with Crippen molar-refractivity contribution in [2.45, 2.75) is 0 Å². The van der Waals surface area contributed by atoms with Gasteiger partial charge in [0.15, 0.2) is 0 Å². The lowest BCUT2D eigenvalue weighted by Crippen LogP contribution is -2.32. The van der Waals surface area contributed by atoms with Crippen LogP contribution in [-0.4, -0.2) is 30.2 Å². The third-order valence-corrected chi connectivity index (χ3v) is 3.85. The molecule has 0 atom stereocenters. The molecule has 0 unspecified atom stereocenters. The van der Waals surface area contributed by atoms with Crippen molar-refractivity contribution in [3.05, 3.63) is 66.2 Å². The molecule has 27 heavy (non-hydrogen) atoms. The van der Waals surface area contributed by atoms with Crippen LogP contribution in [0, 0.1) is 0 Å². The van der Waals surface area contributed by atoms with Gasteiger partial charge in [0.05, 0.1) is 13.3 Å². The quantitative estimate of drug-likeness (QED) is 0.377. The Morgan fingerprint density at radius 1 is 1.04 bits per heavy atom. The Labute approximate surface area is 155 Å². The molecule has 0 radical (unpaired) electrons. The van der Waals surface area contributed by atoms with Crippen LogP contribution in [-0.2, 0) is 9.59 Å². The fourth-order valence-electron chi connectivity index (χ4n) is 2.49. The SMILES string of the molecule is COc1ccc(O)c(C=NNC(=O)C(=O)Nc2cccc3ccccc23)c1. The summed E-state index contributed by atoms with van der Waals surface area (Å²) in [5.41, 5.74) is 3.00. The highest BCUT2D eigenvalue weighted by Crippen LogP contribution is 2.23. The number of anilines is 1. The Morgan fingerprint density at radius 2 is 1.81 bits per heavy atom. The Kier molecular flexibility index (Phi) is 5.32.